The molecule has 3 saturated heterocycles. The van der Waals surface area contributed by atoms with E-state index >= 15 is 0 Å². The molecule has 0 spiro atoms. The number of phenolic OH excluding ortho intramolecular Hbond substituents is 2. The van der Waals surface area contributed by atoms with Crippen molar-refractivity contribution in [2.24, 2.45) is 0 Å². The quantitative estimate of drug-likeness (QED) is 0.189. The molecule has 1 aliphatic carbocycles. The van der Waals surface area contributed by atoms with Crippen LogP contribution in [-0.4, -0.2) is 105 Å². The highest BCUT2D eigenvalue weighted by Crippen LogP contribution is 2.76. The lowest BCUT2D eigenvalue weighted by molar-refractivity contribution is -0.247. The molecule has 2 aromatic rings. The smallest absolute Gasteiger partial charge is 0.330 e. The molecule has 4 bridgehead atoms. The van der Waals surface area contributed by atoms with Gasteiger partial charge in [-0.15, -0.1) is 11.8 Å². The summed E-state index contributed by atoms with van der Waals surface area (Å²) in [6.45, 7) is 15.7. The maximum Gasteiger partial charge on any atom is 0.330 e. The summed E-state index contributed by atoms with van der Waals surface area (Å²) in [4.78, 5) is 43.3. The van der Waals surface area contributed by atoms with E-state index in [-0.39, 0.29) is 47.3 Å². The van der Waals surface area contributed by atoms with Gasteiger partial charge in [0.15, 0.2) is 23.0 Å². The Balaban J connectivity index is -0.000000518. The molecular weight excluding hydrogens is 690 g/mol. The van der Waals surface area contributed by atoms with Crippen molar-refractivity contribution < 1.29 is 67.2 Å². The molecule has 9 unspecified atom stereocenters. The van der Waals surface area contributed by atoms with E-state index in [1.807, 2.05) is 24.9 Å². The highest BCUT2D eigenvalue weighted by atomic mass is 32.2. The lowest BCUT2D eigenvalue weighted by atomic mass is 9.44. The first kappa shape index (κ1) is 36.6. The molecule has 4 N–H and O–H groups in total. The lowest BCUT2D eigenvalue weighted by Crippen LogP contribution is -2.76. The monoisotopic (exact) mass is 766 g/mol. The maximum atomic E-state index is 13.9. The van der Waals surface area contributed by atoms with Gasteiger partial charge in [0.05, 0.1) is 31.6 Å². The second-order valence-electron chi connectivity index (χ2n) is 16.1. The van der Waals surface area contributed by atoms with E-state index in [1.54, 1.807) is 27.7 Å². The van der Waals surface area contributed by atoms with Crippen molar-refractivity contribution >= 4 is 29.6 Å². The third-order valence-corrected chi connectivity index (χ3v) is 14.3. The summed E-state index contributed by atoms with van der Waals surface area (Å²) < 4.78 is 23.8. The summed E-state index contributed by atoms with van der Waals surface area (Å²) in [5.41, 5.74) is -0.961. The molecule has 52 heavy (non-hydrogen) atoms. The number of carbonyl (C=O) groups excluding carboxylic acids is 3. The van der Waals surface area contributed by atoms with Crippen LogP contribution in [0.5, 0.6) is 28.7 Å². The zero-order valence-electron chi connectivity index (χ0n) is 31.8. The predicted octanol–water partition coefficient (Wildman–Crippen LogP) is 6.83. The molecular formula is C38H75N3O10S. The van der Waals surface area contributed by atoms with Crippen molar-refractivity contribution in [3.05, 3.63) is 39.4 Å². The van der Waals surface area contributed by atoms with Gasteiger partial charge in [0.2, 0.25) is 5.91 Å². The molecule has 0 aromatic heterocycles. The molecule has 14 heteroatoms. The first-order valence-electron chi connectivity index (χ1n) is 17.5. The summed E-state index contributed by atoms with van der Waals surface area (Å²) in [5.74, 6) is -1.06. The predicted molar refractivity (Wildman–Crippen MR) is 220 cm³/mol. The normalized spacial score (nSPS) is 35.6. The van der Waals surface area contributed by atoms with Crippen LogP contribution in [0.1, 0.15) is 112 Å². The summed E-state index contributed by atoms with van der Waals surface area (Å²) in [5, 5.41) is 39.6. The van der Waals surface area contributed by atoms with Gasteiger partial charge in [-0.2, -0.15) is 0 Å². The molecule has 1 amide bonds. The number of fused-ring (bicyclic) bond motifs is 11. The number of aryl methyl sites for hydroxylation is 1. The minimum Gasteiger partial charge on any atom is -0.504 e. The molecule has 308 valence electrons. The lowest BCUT2D eigenvalue weighted by Gasteiger charge is -2.64. The summed E-state index contributed by atoms with van der Waals surface area (Å²) in [7, 11) is 4.93. The number of benzene rings is 2. The minimum atomic E-state index is -1.66. The molecule has 9 atom stereocenters. The Hall–Kier alpha value is -3.72. The van der Waals surface area contributed by atoms with E-state index in [0.717, 1.165) is 16.7 Å². The van der Waals surface area contributed by atoms with Gasteiger partial charge in [-0.25, -0.2) is 4.79 Å². The largest absolute Gasteiger partial charge is 0.504 e. The second kappa shape index (κ2) is 11.4. The van der Waals surface area contributed by atoms with Gasteiger partial charge in [-0.05, 0) is 52.8 Å². The number of esters is 2. The number of hydrogen-bond donors (Lipinski definition) is 4. The van der Waals surface area contributed by atoms with Crippen molar-refractivity contribution in [3.8, 4) is 28.7 Å². The molecule has 4 aliphatic heterocycles. The molecule has 5 aliphatic rings. The van der Waals surface area contributed by atoms with Crippen molar-refractivity contribution in [3.63, 3.8) is 0 Å². The number of likely N-dealkylation sites (N-methyl/N-ethyl adjacent to an activating group) is 1. The van der Waals surface area contributed by atoms with Gasteiger partial charge < -0.3 is 39.6 Å². The average Bonchev–Trinajstić information content (AvgIpc) is 3.15. The van der Waals surface area contributed by atoms with Crippen LogP contribution in [0.4, 0.5) is 0 Å². The van der Waals surface area contributed by atoms with Gasteiger partial charge in [-0.1, -0.05) is 19.9 Å². The van der Waals surface area contributed by atoms with Crippen molar-refractivity contribution in [1.29, 1.82) is 0 Å². The fourth-order valence-electron chi connectivity index (χ4n) is 11.3. The third kappa shape index (κ3) is 4.26. The zero-order valence-corrected chi connectivity index (χ0v) is 32.6. The molecule has 2 aromatic carbocycles. The number of nitrogens with one attached hydrogen (secondary N) is 1. The highest BCUT2D eigenvalue weighted by molar-refractivity contribution is 7.99. The van der Waals surface area contributed by atoms with Gasteiger partial charge in [0.1, 0.15) is 23.1 Å². The Kier molecular flexibility index (Phi) is 8.03. The number of phenols is 2. The number of nitrogens with zero attached hydrogens (tertiary/aromatic N) is 2. The number of amides is 1. The molecule has 13 nitrogen and oxygen atoms in total. The van der Waals surface area contributed by atoms with Crippen LogP contribution in [-0.2, 0) is 30.0 Å². The number of hydrogen-bond acceptors (Lipinski definition) is 13. The molecule has 0 saturated carbocycles. The van der Waals surface area contributed by atoms with E-state index in [2.05, 4.69) is 24.1 Å². The van der Waals surface area contributed by atoms with Crippen LogP contribution in [0, 0.1) is 13.8 Å². The highest BCUT2D eigenvalue weighted by Gasteiger charge is 2.82. The number of aromatic hydroxyl groups is 2. The molecule has 3 fully saturated rings. The van der Waals surface area contributed by atoms with Crippen LogP contribution in [0.2, 0.25) is 0 Å². The van der Waals surface area contributed by atoms with E-state index < -0.39 is 75.5 Å². The zero-order chi connectivity index (χ0) is 38.4. The number of thioether (sulfide) groups is 1. The van der Waals surface area contributed by atoms with Crippen LogP contribution in [0.15, 0.2) is 6.07 Å². The van der Waals surface area contributed by atoms with Gasteiger partial charge in [0, 0.05) is 83.3 Å². The fraction of sp³-hybridized carbons (Fsp3) is 0.605. The number of carbonyl (C=O) groups is 3. The van der Waals surface area contributed by atoms with Crippen LogP contribution < -0.4 is 19.5 Å². The summed E-state index contributed by atoms with van der Waals surface area (Å²) in [6.07, 6.45) is 0. The van der Waals surface area contributed by atoms with Crippen molar-refractivity contribution in [2.45, 2.75) is 120 Å². The van der Waals surface area contributed by atoms with Gasteiger partial charge in [-0.3, -0.25) is 19.4 Å². The number of cyclic esters (lactones) is 1. The minimum absolute atomic E-state index is 0. The number of methoxy groups -OCH3 is 2. The maximum absolute atomic E-state index is 13.9. The van der Waals surface area contributed by atoms with Crippen LogP contribution in [0.3, 0.4) is 0 Å². The Bertz CT molecular complexity index is 1990. The van der Waals surface area contributed by atoms with Crippen LogP contribution >= 0.6 is 11.8 Å². The third-order valence-electron chi connectivity index (χ3n) is 12.9. The van der Waals surface area contributed by atoms with E-state index in [0.29, 0.717) is 22.4 Å². The Morgan fingerprint density at radius 3 is 2.21 bits per heavy atom. The second-order valence-corrected chi connectivity index (χ2v) is 17.3. The van der Waals surface area contributed by atoms with Crippen molar-refractivity contribution in [2.75, 3.05) is 27.0 Å². The first-order valence-corrected chi connectivity index (χ1v) is 18.6. The van der Waals surface area contributed by atoms with Gasteiger partial charge >= 0.3 is 11.9 Å². The number of ether oxygens (including phenoxy) is 4. The van der Waals surface area contributed by atoms with E-state index in [1.165, 1.54) is 39.8 Å². The van der Waals surface area contributed by atoms with E-state index in [9.17, 15) is 29.7 Å². The van der Waals surface area contributed by atoms with Gasteiger partial charge in [0.25, 0.3) is 0 Å². The van der Waals surface area contributed by atoms with E-state index in [4.69, 9.17) is 18.9 Å². The number of piperazine rings is 1. The van der Waals surface area contributed by atoms with Crippen LogP contribution in [0.25, 0.3) is 0 Å². The first-order chi connectivity index (χ1) is 24.1. The number of rotatable bonds is 4. The van der Waals surface area contributed by atoms with Crippen molar-refractivity contribution in [1.82, 2.24) is 15.1 Å². The SMILES string of the molecule is COc1c(C)cc2c(c1O)C1(C)C3C4C5SCC(NC(C)=O)C(=O)OC(C)(C)C(c6c(O)c(OC)c(C)c(OC(C)=O)c65)N4C(C)(O)C(N3C)C21C.[HH].[HH].[HH].[HH].[HH].[HH].[HH].[HH].[HH].[HH].[HH].[HH].[HH]. The summed E-state index contributed by atoms with van der Waals surface area (Å²) >= 11 is 1.35. The molecule has 4 heterocycles. The summed E-state index contributed by atoms with van der Waals surface area (Å²) in [6, 6.07) is -1.58. The molecule has 0 radical (unpaired) electrons. The Morgan fingerprint density at radius 2 is 1.63 bits per heavy atom. The Labute approximate surface area is 327 Å². The Morgan fingerprint density at radius 1 is 1.00 bits per heavy atom. The topological polar surface area (TPSA) is 167 Å². The standard InChI is InChI=1S/C38H49N3O10S.13H2/c1-15-13-19-23(26(45)27(15)48-11)37(8)32-24-30-22-21(25(44)29(49-12)16(2)28(22)50-18(4)43)31(41(24)38(9,47)34(40(32)10)36(19,37)7)35(5,6)51-33(46)20(14-52-30)39-17(3)42;;;;;;;;;;;;;/h13,20,24,30-32,34,44-45,47H,14H2,1-12H3,(H,39,42);13*1H. The average molecular weight is 766 g/mol. The number of aliphatic hydroxyl groups is 1. The fourth-order valence-corrected chi connectivity index (χ4v) is 12.8. The molecule has 7 rings (SSSR count).